The van der Waals surface area contributed by atoms with Gasteiger partial charge in [0.2, 0.25) is 0 Å². The number of hydrogen-bond acceptors (Lipinski definition) is 2. The summed E-state index contributed by atoms with van der Waals surface area (Å²) in [5.41, 5.74) is 1.46. The van der Waals surface area contributed by atoms with Crippen molar-refractivity contribution in [3.8, 4) is 0 Å². The van der Waals surface area contributed by atoms with Crippen LogP contribution in [-0.2, 0) is 9.31 Å². The zero-order valence-corrected chi connectivity index (χ0v) is 11.9. The van der Waals surface area contributed by atoms with E-state index in [2.05, 4.69) is 45.0 Å². The quantitative estimate of drug-likeness (QED) is 0.719. The van der Waals surface area contributed by atoms with Gasteiger partial charge in [-0.1, -0.05) is 44.2 Å². The minimum Gasteiger partial charge on any atom is -0.402 e. The van der Waals surface area contributed by atoms with Crippen LogP contribution >= 0.6 is 0 Å². The van der Waals surface area contributed by atoms with Crippen LogP contribution in [0.25, 0.3) is 0 Å². The Morgan fingerprint density at radius 1 is 1.11 bits per heavy atom. The summed E-state index contributed by atoms with van der Waals surface area (Å²) in [6.07, 6.45) is 2.74. The Bertz CT molecular complexity index is 501. The third-order valence-electron chi connectivity index (χ3n) is 6.02. The molecule has 0 spiro atoms. The van der Waals surface area contributed by atoms with Gasteiger partial charge in [0.15, 0.2) is 0 Å². The molecule has 0 aromatic heterocycles. The van der Waals surface area contributed by atoms with E-state index in [9.17, 15) is 0 Å². The second-order valence-electron chi connectivity index (χ2n) is 7.21. The number of benzene rings is 1. The van der Waals surface area contributed by atoms with Crippen LogP contribution in [0.5, 0.6) is 0 Å². The highest BCUT2D eigenvalue weighted by molar-refractivity contribution is 6.62. The van der Waals surface area contributed by atoms with Crippen LogP contribution in [0.3, 0.4) is 0 Å². The van der Waals surface area contributed by atoms with E-state index in [1.54, 1.807) is 0 Å². The van der Waals surface area contributed by atoms with Crippen LogP contribution in [0, 0.1) is 17.3 Å². The molecule has 1 aliphatic heterocycles. The molecule has 4 aliphatic rings. The Kier molecular flexibility index (Phi) is 2.30. The fraction of sp³-hybridized carbons (Fsp3) is 0.625. The lowest BCUT2D eigenvalue weighted by atomic mass is 9.43. The zero-order chi connectivity index (χ0) is 13.3. The van der Waals surface area contributed by atoms with Crippen LogP contribution in [0.2, 0.25) is 0 Å². The van der Waals surface area contributed by atoms with Gasteiger partial charge in [0.1, 0.15) is 0 Å². The summed E-state index contributed by atoms with van der Waals surface area (Å²) in [5, 5.41) is 0. The molecular weight excluding hydrogens is 235 g/mol. The molecule has 0 radical (unpaired) electrons. The Hall–Kier alpha value is -0.795. The lowest BCUT2D eigenvalue weighted by molar-refractivity contribution is -0.199. The summed E-state index contributed by atoms with van der Waals surface area (Å²) < 4.78 is 12.6. The van der Waals surface area contributed by atoms with E-state index >= 15 is 0 Å². The lowest BCUT2D eigenvalue weighted by Gasteiger charge is -2.64. The van der Waals surface area contributed by atoms with E-state index < -0.39 is 0 Å². The highest BCUT2D eigenvalue weighted by Gasteiger charge is 2.67. The molecule has 1 heterocycles. The van der Waals surface area contributed by atoms with Crippen LogP contribution in [0.1, 0.15) is 33.6 Å². The predicted molar refractivity (Wildman–Crippen MR) is 76.2 cm³/mol. The Labute approximate surface area is 115 Å². The molecule has 2 bridgehead atoms. The molecule has 19 heavy (non-hydrogen) atoms. The molecule has 4 atom stereocenters. The minimum atomic E-state index is -0.175. The van der Waals surface area contributed by atoms with Crippen molar-refractivity contribution in [2.45, 2.75) is 45.3 Å². The van der Waals surface area contributed by atoms with Crippen LogP contribution in [0.4, 0.5) is 0 Å². The van der Waals surface area contributed by atoms with Crippen LogP contribution in [0.15, 0.2) is 30.3 Å². The SMILES string of the molecule is CC1(C)[C@@H]2CC3OB(c4ccccc4)O[C@@]3(C)[C@H]1C2. The maximum Gasteiger partial charge on any atom is 0.494 e. The van der Waals surface area contributed by atoms with Gasteiger partial charge < -0.3 is 9.31 Å². The molecule has 1 aromatic rings. The van der Waals surface area contributed by atoms with Crippen molar-refractivity contribution in [3.63, 3.8) is 0 Å². The fourth-order valence-corrected chi connectivity index (χ4v) is 4.62. The summed E-state index contributed by atoms with van der Waals surface area (Å²) in [6, 6.07) is 10.3. The molecule has 3 heteroatoms. The van der Waals surface area contributed by atoms with Gasteiger partial charge in [0.25, 0.3) is 0 Å². The monoisotopic (exact) mass is 256 g/mol. The maximum atomic E-state index is 6.40. The summed E-state index contributed by atoms with van der Waals surface area (Å²) in [4.78, 5) is 0. The van der Waals surface area contributed by atoms with Crippen molar-refractivity contribution in [1.29, 1.82) is 0 Å². The Morgan fingerprint density at radius 3 is 2.53 bits per heavy atom. The molecule has 3 aliphatic carbocycles. The van der Waals surface area contributed by atoms with Crippen molar-refractivity contribution in [3.05, 3.63) is 30.3 Å². The van der Waals surface area contributed by atoms with Crippen molar-refractivity contribution in [2.24, 2.45) is 17.3 Å². The van der Waals surface area contributed by atoms with Crippen molar-refractivity contribution in [1.82, 2.24) is 0 Å². The molecule has 0 amide bonds. The van der Waals surface area contributed by atoms with Gasteiger partial charge in [-0.2, -0.15) is 0 Å². The minimum absolute atomic E-state index is 0.0985. The Morgan fingerprint density at radius 2 is 1.84 bits per heavy atom. The molecular formula is C16H21BO2. The van der Waals surface area contributed by atoms with E-state index in [1.165, 1.54) is 6.42 Å². The molecule has 1 saturated heterocycles. The van der Waals surface area contributed by atoms with Crippen molar-refractivity contribution >= 4 is 12.6 Å². The topological polar surface area (TPSA) is 18.5 Å². The second kappa shape index (κ2) is 3.65. The van der Waals surface area contributed by atoms with E-state index in [-0.39, 0.29) is 18.8 Å². The van der Waals surface area contributed by atoms with E-state index in [0.29, 0.717) is 11.3 Å². The van der Waals surface area contributed by atoms with Gasteiger partial charge in [0, 0.05) is 0 Å². The molecule has 3 saturated carbocycles. The summed E-state index contributed by atoms with van der Waals surface area (Å²) >= 11 is 0. The first-order chi connectivity index (χ1) is 9.02. The van der Waals surface area contributed by atoms with E-state index in [1.807, 2.05) is 6.07 Å². The number of hydrogen-bond donors (Lipinski definition) is 0. The van der Waals surface area contributed by atoms with Crippen LogP contribution in [-0.4, -0.2) is 18.8 Å². The predicted octanol–water partition coefficient (Wildman–Crippen LogP) is 2.62. The van der Waals surface area contributed by atoms with Crippen molar-refractivity contribution in [2.75, 3.05) is 0 Å². The second-order valence-corrected chi connectivity index (χ2v) is 7.21. The first kappa shape index (κ1) is 12.0. The Balaban J connectivity index is 1.64. The molecule has 1 aromatic carbocycles. The van der Waals surface area contributed by atoms with E-state index in [4.69, 9.17) is 9.31 Å². The summed E-state index contributed by atoms with van der Waals surface area (Å²) in [7, 11) is -0.175. The molecule has 4 fully saturated rings. The molecule has 2 nitrogen and oxygen atoms in total. The van der Waals surface area contributed by atoms with Crippen LogP contribution < -0.4 is 5.46 Å². The molecule has 1 unspecified atom stereocenters. The maximum absolute atomic E-state index is 6.40. The highest BCUT2D eigenvalue weighted by Crippen LogP contribution is 2.65. The average Bonchev–Trinajstić information content (AvgIpc) is 2.76. The summed E-state index contributed by atoms with van der Waals surface area (Å²) in [5.74, 6) is 1.45. The molecule has 5 rings (SSSR count). The average molecular weight is 256 g/mol. The van der Waals surface area contributed by atoms with Gasteiger partial charge in [-0.3, -0.25) is 0 Å². The highest BCUT2D eigenvalue weighted by atomic mass is 16.7. The third-order valence-corrected chi connectivity index (χ3v) is 6.02. The first-order valence-corrected chi connectivity index (χ1v) is 7.40. The fourth-order valence-electron chi connectivity index (χ4n) is 4.62. The summed E-state index contributed by atoms with van der Waals surface area (Å²) in [6.45, 7) is 7.06. The lowest BCUT2D eigenvalue weighted by Crippen LogP contribution is -2.65. The normalized spacial score (nSPS) is 42.7. The number of rotatable bonds is 1. The van der Waals surface area contributed by atoms with Gasteiger partial charge in [-0.15, -0.1) is 0 Å². The van der Waals surface area contributed by atoms with Gasteiger partial charge in [-0.05, 0) is 42.5 Å². The smallest absolute Gasteiger partial charge is 0.402 e. The molecule has 0 N–H and O–H groups in total. The van der Waals surface area contributed by atoms with E-state index in [0.717, 1.165) is 17.8 Å². The largest absolute Gasteiger partial charge is 0.494 e. The zero-order valence-electron chi connectivity index (χ0n) is 11.9. The van der Waals surface area contributed by atoms with Gasteiger partial charge >= 0.3 is 7.12 Å². The third kappa shape index (κ3) is 1.46. The van der Waals surface area contributed by atoms with Crippen molar-refractivity contribution < 1.29 is 9.31 Å². The van der Waals surface area contributed by atoms with Gasteiger partial charge in [-0.25, -0.2) is 0 Å². The van der Waals surface area contributed by atoms with Gasteiger partial charge in [0.05, 0.1) is 11.7 Å². The standard InChI is InChI=1S/C16H21BO2/c1-15(2)11-9-13(15)16(3)14(10-11)18-17(19-16)12-7-5-4-6-8-12/h4-8,11,13-14H,9-10H2,1-3H3/t11-,13-,14?,16-/m0/s1. The molecule has 100 valence electrons. The first-order valence-electron chi connectivity index (χ1n) is 7.40.